The molecule has 0 aliphatic heterocycles. The highest BCUT2D eigenvalue weighted by molar-refractivity contribution is 7.48. The molecule has 1 unspecified atom stereocenters. The van der Waals surface area contributed by atoms with Crippen molar-refractivity contribution >= 4 is 7.82 Å². The van der Waals surface area contributed by atoms with Gasteiger partial charge >= 0.3 is 7.82 Å². The van der Waals surface area contributed by atoms with Crippen LogP contribution in [0.5, 0.6) is 0 Å². The maximum atomic E-state index is 11.8. The van der Waals surface area contributed by atoms with Crippen LogP contribution in [0, 0.1) is 0 Å². The van der Waals surface area contributed by atoms with Crippen molar-refractivity contribution in [3.8, 4) is 0 Å². The Hall–Kier alpha value is -0.150. The van der Waals surface area contributed by atoms with Crippen LogP contribution >= 0.6 is 7.82 Å². The van der Waals surface area contributed by atoms with Gasteiger partial charge in [-0.2, -0.15) is 0 Å². The van der Waals surface area contributed by atoms with E-state index < -0.39 is 7.82 Å². The summed E-state index contributed by atoms with van der Waals surface area (Å²) in [6, 6.07) is 0. The van der Waals surface area contributed by atoms with Crippen molar-refractivity contribution in [2.75, 3.05) is 13.2 Å². The third-order valence-corrected chi connectivity index (χ3v) is 3.07. The molecule has 1 atom stereocenters. The average Bonchev–Trinajstić information content (AvgIpc) is 2.04. The van der Waals surface area contributed by atoms with Gasteiger partial charge in [-0.25, -0.2) is 4.57 Å². The van der Waals surface area contributed by atoms with E-state index in [1.807, 2.05) is 13.0 Å². The maximum Gasteiger partial charge on any atom is 0.475 e. The van der Waals surface area contributed by atoms with Crippen molar-refractivity contribution in [1.82, 2.24) is 0 Å². The minimum atomic E-state index is -3.36. The predicted molar refractivity (Wildman–Crippen MR) is 56.2 cm³/mol. The van der Waals surface area contributed by atoms with Crippen LogP contribution in [-0.4, -0.2) is 19.3 Å². The van der Waals surface area contributed by atoms with Gasteiger partial charge in [0.25, 0.3) is 0 Å². The van der Waals surface area contributed by atoms with Crippen LogP contribution in [0.1, 0.15) is 27.7 Å². The van der Waals surface area contributed by atoms with Crippen molar-refractivity contribution in [2.24, 2.45) is 0 Å². The van der Waals surface area contributed by atoms with E-state index in [1.165, 1.54) is 0 Å². The molecule has 0 aliphatic rings. The summed E-state index contributed by atoms with van der Waals surface area (Å²) in [6.45, 7) is 7.75. The SMILES string of the molecule is CC=CC(C)OP(=O)(OCC)OCC. The summed E-state index contributed by atoms with van der Waals surface area (Å²) in [6.07, 6.45) is 3.33. The lowest BCUT2D eigenvalue weighted by Crippen LogP contribution is -2.07. The third-order valence-electron chi connectivity index (χ3n) is 1.33. The Bertz CT molecular complexity index is 205. The van der Waals surface area contributed by atoms with Crippen LogP contribution in [0.3, 0.4) is 0 Å². The van der Waals surface area contributed by atoms with E-state index >= 15 is 0 Å². The predicted octanol–water partition coefficient (Wildman–Crippen LogP) is 3.15. The lowest BCUT2D eigenvalue weighted by Gasteiger charge is -2.18. The van der Waals surface area contributed by atoms with E-state index in [1.54, 1.807) is 26.8 Å². The smallest absolute Gasteiger partial charge is 0.287 e. The van der Waals surface area contributed by atoms with E-state index in [4.69, 9.17) is 13.6 Å². The summed E-state index contributed by atoms with van der Waals surface area (Å²) in [5.74, 6) is 0. The molecule has 0 radical (unpaired) electrons. The van der Waals surface area contributed by atoms with Crippen LogP contribution < -0.4 is 0 Å². The molecule has 4 nitrogen and oxygen atoms in total. The lowest BCUT2D eigenvalue weighted by molar-refractivity contribution is 0.106. The summed E-state index contributed by atoms with van der Waals surface area (Å²) in [7, 11) is -3.36. The molecule has 0 N–H and O–H groups in total. The van der Waals surface area contributed by atoms with Crippen LogP contribution in [0.25, 0.3) is 0 Å². The Kier molecular flexibility index (Phi) is 7.11. The molecule has 0 spiro atoms. The Labute approximate surface area is 85.9 Å². The Morgan fingerprint density at radius 3 is 2.14 bits per heavy atom. The van der Waals surface area contributed by atoms with Crippen LogP contribution in [-0.2, 0) is 18.1 Å². The first-order valence-corrected chi connectivity index (χ1v) is 6.24. The summed E-state index contributed by atoms with van der Waals surface area (Å²) >= 11 is 0. The molecule has 14 heavy (non-hydrogen) atoms. The second-order valence-corrected chi connectivity index (χ2v) is 4.24. The molecule has 0 amide bonds. The van der Waals surface area contributed by atoms with Gasteiger partial charge in [-0.1, -0.05) is 12.2 Å². The van der Waals surface area contributed by atoms with Gasteiger partial charge in [0, 0.05) is 0 Å². The quantitative estimate of drug-likeness (QED) is 0.490. The normalized spacial score (nSPS) is 14.9. The minimum absolute atomic E-state index is 0.274. The summed E-state index contributed by atoms with van der Waals surface area (Å²) in [5.41, 5.74) is 0. The van der Waals surface area contributed by atoms with E-state index in [9.17, 15) is 4.57 Å². The molecule has 0 bridgehead atoms. The summed E-state index contributed by atoms with van der Waals surface area (Å²) in [5, 5.41) is 0. The standard InChI is InChI=1S/C9H19O4P/c1-5-8-9(4)13-14(10,11-6-2)12-7-3/h5,8-9H,6-7H2,1-4H3. The fourth-order valence-corrected chi connectivity index (χ4v) is 2.23. The Morgan fingerprint density at radius 2 is 1.79 bits per heavy atom. The first kappa shape index (κ1) is 13.8. The van der Waals surface area contributed by atoms with Crippen molar-refractivity contribution < 1.29 is 18.1 Å². The molecule has 0 aromatic rings. The third kappa shape index (κ3) is 5.55. The Morgan fingerprint density at radius 1 is 1.29 bits per heavy atom. The molecule has 5 heteroatoms. The lowest BCUT2D eigenvalue weighted by atomic mass is 10.4. The van der Waals surface area contributed by atoms with Gasteiger partial charge in [0.05, 0.1) is 19.3 Å². The number of hydrogen-bond donors (Lipinski definition) is 0. The maximum absolute atomic E-state index is 11.8. The van der Waals surface area contributed by atoms with Crippen molar-refractivity contribution in [1.29, 1.82) is 0 Å². The van der Waals surface area contributed by atoms with E-state index in [2.05, 4.69) is 0 Å². The highest BCUT2D eigenvalue weighted by Crippen LogP contribution is 2.50. The van der Waals surface area contributed by atoms with Gasteiger partial charge in [-0.05, 0) is 27.7 Å². The molecule has 0 aliphatic carbocycles. The van der Waals surface area contributed by atoms with Gasteiger partial charge in [0.2, 0.25) is 0 Å². The van der Waals surface area contributed by atoms with Gasteiger partial charge in [0.15, 0.2) is 0 Å². The van der Waals surface area contributed by atoms with Gasteiger partial charge in [-0.15, -0.1) is 0 Å². The summed E-state index contributed by atoms with van der Waals surface area (Å²) < 4.78 is 26.9. The molecule has 0 aromatic carbocycles. The molecule has 0 saturated carbocycles. The molecule has 84 valence electrons. The molecule has 0 heterocycles. The molecule has 0 saturated heterocycles. The van der Waals surface area contributed by atoms with Crippen molar-refractivity contribution in [3.63, 3.8) is 0 Å². The first-order chi connectivity index (χ1) is 6.58. The second kappa shape index (κ2) is 7.18. The second-order valence-electron chi connectivity index (χ2n) is 2.62. The number of hydrogen-bond acceptors (Lipinski definition) is 4. The number of rotatable bonds is 7. The summed E-state index contributed by atoms with van der Waals surface area (Å²) in [4.78, 5) is 0. The molecular formula is C9H19O4P. The fourth-order valence-electron chi connectivity index (χ4n) is 0.924. The van der Waals surface area contributed by atoms with Crippen molar-refractivity contribution in [2.45, 2.75) is 33.8 Å². The van der Waals surface area contributed by atoms with Crippen molar-refractivity contribution in [3.05, 3.63) is 12.2 Å². The highest BCUT2D eigenvalue weighted by Gasteiger charge is 2.27. The largest absolute Gasteiger partial charge is 0.475 e. The average molecular weight is 222 g/mol. The molecule has 0 fully saturated rings. The Balaban J connectivity index is 4.27. The number of phosphoric acid groups is 1. The topological polar surface area (TPSA) is 44.8 Å². The molecule has 0 rings (SSSR count). The van der Waals surface area contributed by atoms with E-state index in [-0.39, 0.29) is 6.10 Å². The van der Waals surface area contributed by atoms with Crippen LogP contribution in [0.2, 0.25) is 0 Å². The zero-order chi connectivity index (χ0) is 11.0. The molecule has 0 aromatic heterocycles. The fraction of sp³-hybridized carbons (Fsp3) is 0.778. The number of phosphoric ester groups is 1. The zero-order valence-electron chi connectivity index (χ0n) is 9.23. The van der Waals surface area contributed by atoms with Crippen LogP contribution in [0.15, 0.2) is 12.2 Å². The highest BCUT2D eigenvalue weighted by atomic mass is 31.2. The van der Waals surface area contributed by atoms with Gasteiger partial charge in [-0.3, -0.25) is 13.6 Å². The number of allylic oxidation sites excluding steroid dienone is 1. The van der Waals surface area contributed by atoms with E-state index in [0.717, 1.165) is 0 Å². The zero-order valence-corrected chi connectivity index (χ0v) is 10.1. The monoisotopic (exact) mass is 222 g/mol. The van der Waals surface area contributed by atoms with Crippen LogP contribution in [0.4, 0.5) is 0 Å². The molecular weight excluding hydrogens is 203 g/mol. The van der Waals surface area contributed by atoms with E-state index in [0.29, 0.717) is 13.2 Å². The van der Waals surface area contributed by atoms with Gasteiger partial charge < -0.3 is 0 Å². The minimum Gasteiger partial charge on any atom is -0.287 e. The van der Waals surface area contributed by atoms with Gasteiger partial charge in [0.1, 0.15) is 0 Å². The first-order valence-electron chi connectivity index (χ1n) is 4.78.